The van der Waals surface area contributed by atoms with E-state index in [1.54, 1.807) is 6.92 Å². The Bertz CT molecular complexity index is 806. The second-order valence-corrected chi connectivity index (χ2v) is 6.71. The standard InChI is InChI=1S/C18H22N4O4S/c1-3-26-16(25)8-7-14(23)19-10-9-15(24)20-18-22-21-17(27-18)13-6-4-5-12(2)11-13/h4-6,11H,3,7-10H2,1-2H3,(H,19,23)(H,20,22,24). The molecule has 0 saturated carbocycles. The summed E-state index contributed by atoms with van der Waals surface area (Å²) in [7, 11) is 0. The van der Waals surface area contributed by atoms with Crippen molar-refractivity contribution in [2.24, 2.45) is 0 Å². The van der Waals surface area contributed by atoms with Crippen LogP contribution in [0.4, 0.5) is 5.13 Å². The Kier molecular flexibility index (Phi) is 7.87. The number of nitrogens with one attached hydrogen (secondary N) is 2. The molecule has 2 aromatic rings. The summed E-state index contributed by atoms with van der Waals surface area (Å²) in [4.78, 5) is 34.7. The topological polar surface area (TPSA) is 110 Å². The third-order valence-electron chi connectivity index (χ3n) is 3.47. The predicted octanol–water partition coefficient (Wildman–Crippen LogP) is 2.30. The van der Waals surface area contributed by atoms with Crippen molar-refractivity contribution in [2.75, 3.05) is 18.5 Å². The van der Waals surface area contributed by atoms with E-state index in [4.69, 9.17) is 4.74 Å². The molecular formula is C18H22N4O4S. The second kappa shape index (κ2) is 10.4. The highest BCUT2D eigenvalue weighted by atomic mass is 32.1. The van der Waals surface area contributed by atoms with Crippen molar-refractivity contribution in [3.8, 4) is 10.6 Å². The summed E-state index contributed by atoms with van der Waals surface area (Å²) in [6.07, 6.45) is 0.166. The van der Waals surface area contributed by atoms with Gasteiger partial charge in [-0.2, -0.15) is 0 Å². The molecule has 0 bridgehead atoms. The van der Waals surface area contributed by atoms with Crippen LogP contribution in [0.15, 0.2) is 24.3 Å². The molecule has 2 N–H and O–H groups in total. The van der Waals surface area contributed by atoms with E-state index < -0.39 is 5.97 Å². The Hall–Kier alpha value is -2.81. The SMILES string of the molecule is CCOC(=O)CCC(=O)NCCC(=O)Nc1nnc(-c2cccc(C)c2)s1. The average molecular weight is 390 g/mol. The lowest BCUT2D eigenvalue weighted by Gasteiger charge is -2.05. The molecule has 144 valence electrons. The van der Waals surface area contributed by atoms with Crippen molar-refractivity contribution in [1.82, 2.24) is 15.5 Å². The molecule has 0 spiro atoms. The first-order valence-electron chi connectivity index (χ1n) is 8.60. The van der Waals surface area contributed by atoms with E-state index in [9.17, 15) is 14.4 Å². The molecule has 0 fully saturated rings. The lowest BCUT2D eigenvalue weighted by Crippen LogP contribution is -2.28. The molecule has 0 unspecified atom stereocenters. The molecule has 1 aromatic carbocycles. The Morgan fingerprint density at radius 3 is 2.67 bits per heavy atom. The molecule has 0 aliphatic heterocycles. The number of aryl methyl sites for hydroxylation is 1. The zero-order valence-electron chi connectivity index (χ0n) is 15.3. The van der Waals surface area contributed by atoms with Gasteiger partial charge in [-0.05, 0) is 19.9 Å². The monoisotopic (exact) mass is 390 g/mol. The van der Waals surface area contributed by atoms with Crippen LogP contribution < -0.4 is 10.6 Å². The van der Waals surface area contributed by atoms with E-state index in [0.29, 0.717) is 5.13 Å². The fraction of sp³-hybridized carbons (Fsp3) is 0.389. The number of ether oxygens (including phenoxy) is 1. The highest BCUT2D eigenvalue weighted by Crippen LogP contribution is 2.26. The van der Waals surface area contributed by atoms with E-state index in [-0.39, 0.29) is 44.2 Å². The average Bonchev–Trinajstić information content (AvgIpc) is 3.08. The molecule has 0 atom stereocenters. The van der Waals surface area contributed by atoms with Crippen LogP contribution in [-0.2, 0) is 19.1 Å². The Balaban J connectivity index is 1.72. The van der Waals surface area contributed by atoms with Gasteiger partial charge in [0.1, 0.15) is 5.01 Å². The third-order valence-corrected chi connectivity index (χ3v) is 4.36. The summed E-state index contributed by atoms with van der Waals surface area (Å²) in [6.45, 7) is 4.17. The van der Waals surface area contributed by atoms with E-state index in [2.05, 4.69) is 20.8 Å². The first-order chi connectivity index (χ1) is 13.0. The van der Waals surface area contributed by atoms with Crippen molar-refractivity contribution in [3.05, 3.63) is 29.8 Å². The maximum atomic E-state index is 11.9. The largest absolute Gasteiger partial charge is 0.466 e. The number of aromatic nitrogens is 2. The van der Waals surface area contributed by atoms with Crippen LogP contribution in [0.3, 0.4) is 0 Å². The van der Waals surface area contributed by atoms with Crippen molar-refractivity contribution in [3.63, 3.8) is 0 Å². The van der Waals surface area contributed by atoms with Crippen LogP contribution in [0, 0.1) is 6.92 Å². The Morgan fingerprint density at radius 1 is 1.11 bits per heavy atom. The van der Waals surface area contributed by atoms with Crippen molar-refractivity contribution in [1.29, 1.82) is 0 Å². The quantitative estimate of drug-likeness (QED) is 0.636. The number of rotatable bonds is 9. The van der Waals surface area contributed by atoms with Crippen LogP contribution in [0.5, 0.6) is 0 Å². The molecule has 0 aliphatic rings. The number of hydrogen-bond donors (Lipinski definition) is 2. The van der Waals surface area contributed by atoms with Crippen LogP contribution in [0.2, 0.25) is 0 Å². The van der Waals surface area contributed by atoms with Gasteiger partial charge in [0, 0.05) is 24.9 Å². The first-order valence-corrected chi connectivity index (χ1v) is 9.42. The number of nitrogens with zero attached hydrogens (tertiary/aromatic N) is 2. The molecule has 2 amide bonds. The van der Waals surface area contributed by atoms with Crippen molar-refractivity contribution < 1.29 is 19.1 Å². The zero-order chi connectivity index (χ0) is 19.6. The summed E-state index contributed by atoms with van der Waals surface area (Å²) >= 11 is 1.29. The smallest absolute Gasteiger partial charge is 0.306 e. The van der Waals surface area contributed by atoms with E-state index in [0.717, 1.165) is 16.1 Å². The van der Waals surface area contributed by atoms with Gasteiger partial charge >= 0.3 is 5.97 Å². The van der Waals surface area contributed by atoms with Gasteiger partial charge < -0.3 is 15.4 Å². The van der Waals surface area contributed by atoms with Gasteiger partial charge in [-0.3, -0.25) is 14.4 Å². The molecule has 27 heavy (non-hydrogen) atoms. The molecule has 0 radical (unpaired) electrons. The normalized spacial score (nSPS) is 10.3. The number of anilines is 1. The summed E-state index contributed by atoms with van der Waals surface area (Å²) in [5.74, 6) is -0.979. The first kappa shape index (κ1) is 20.5. The fourth-order valence-corrected chi connectivity index (χ4v) is 2.96. The van der Waals surface area contributed by atoms with Crippen LogP contribution in [-0.4, -0.2) is 41.1 Å². The number of carbonyl (C=O) groups excluding carboxylic acids is 3. The molecule has 0 aliphatic carbocycles. The number of hydrogen-bond acceptors (Lipinski definition) is 7. The predicted molar refractivity (Wildman–Crippen MR) is 102 cm³/mol. The van der Waals surface area contributed by atoms with Crippen LogP contribution in [0.25, 0.3) is 10.6 Å². The van der Waals surface area contributed by atoms with Gasteiger partial charge in [-0.15, -0.1) is 10.2 Å². The summed E-state index contributed by atoms with van der Waals surface area (Å²) < 4.78 is 4.75. The number of carbonyl (C=O) groups is 3. The third kappa shape index (κ3) is 7.14. The number of amides is 2. The molecule has 8 nitrogen and oxygen atoms in total. The minimum atomic E-state index is -0.411. The second-order valence-electron chi connectivity index (χ2n) is 5.73. The maximum absolute atomic E-state index is 11.9. The summed E-state index contributed by atoms with van der Waals surface area (Å²) in [6, 6.07) is 7.87. The van der Waals surface area contributed by atoms with Gasteiger partial charge in [0.15, 0.2) is 0 Å². The van der Waals surface area contributed by atoms with Gasteiger partial charge in [0.25, 0.3) is 0 Å². The van der Waals surface area contributed by atoms with Gasteiger partial charge in [-0.25, -0.2) is 0 Å². The molecule has 1 aromatic heterocycles. The molecule has 9 heteroatoms. The summed E-state index contributed by atoms with van der Waals surface area (Å²) in [5.41, 5.74) is 2.06. The minimum Gasteiger partial charge on any atom is -0.466 e. The maximum Gasteiger partial charge on any atom is 0.306 e. The van der Waals surface area contributed by atoms with Crippen molar-refractivity contribution in [2.45, 2.75) is 33.1 Å². The summed E-state index contributed by atoms with van der Waals surface area (Å²) in [5, 5.41) is 14.4. The van der Waals surface area contributed by atoms with Crippen LogP contribution in [0.1, 0.15) is 31.7 Å². The number of esters is 1. The van der Waals surface area contributed by atoms with E-state index in [1.807, 2.05) is 31.2 Å². The lowest BCUT2D eigenvalue weighted by molar-refractivity contribution is -0.144. The van der Waals surface area contributed by atoms with Gasteiger partial charge in [0.05, 0.1) is 13.0 Å². The van der Waals surface area contributed by atoms with E-state index >= 15 is 0 Å². The Morgan fingerprint density at radius 2 is 1.93 bits per heavy atom. The van der Waals surface area contributed by atoms with Crippen molar-refractivity contribution >= 4 is 34.3 Å². The molecule has 0 saturated heterocycles. The number of benzene rings is 1. The molecular weight excluding hydrogens is 368 g/mol. The highest BCUT2D eigenvalue weighted by Gasteiger charge is 2.11. The van der Waals surface area contributed by atoms with Gasteiger partial charge in [-0.1, -0.05) is 35.1 Å². The highest BCUT2D eigenvalue weighted by molar-refractivity contribution is 7.18. The van der Waals surface area contributed by atoms with Gasteiger partial charge in [0.2, 0.25) is 16.9 Å². The Labute approximate surface area is 161 Å². The van der Waals surface area contributed by atoms with E-state index in [1.165, 1.54) is 11.3 Å². The lowest BCUT2D eigenvalue weighted by atomic mass is 10.1. The fourth-order valence-electron chi connectivity index (χ4n) is 2.20. The van der Waals surface area contributed by atoms with Crippen LogP contribution >= 0.6 is 11.3 Å². The molecule has 1 heterocycles. The minimum absolute atomic E-state index is 0.0262. The zero-order valence-corrected chi connectivity index (χ0v) is 16.1. The molecule has 2 rings (SSSR count).